The highest BCUT2D eigenvalue weighted by molar-refractivity contribution is 5.76. The Hall–Kier alpha value is -1.95. The minimum Gasteiger partial charge on any atom is -0.383 e. The average Bonchev–Trinajstić information content (AvgIpc) is 3.22. The van der Waals surface area contributed by atoms with Crippen LogP contribution in [0, 0.1) is 0 Å². The summed E-state index contributed by atoms with van der Waals surface area (Å²) < 4.78 is 7.46. The van der Waals surface area contributed by atoms with Crippen molar-refractivity contribution in [2.75, 3.05) is 26.8 Å². The minimum absolute atomic E-state index is 0.166. The van der Waals surface area contributed by atoms with Crippen LogP contribution in [0.15, 0.2) is 18.3 Å². The van der Waals surface area contributed by atoms with E-state index in [0.717, 1.165) is 55.8 Å². The maximum atomic E-state index is 12.2. The van der Waals surface area contributed by atoms with Gasteiger partial charge in [0.2, 0.25) is 5.91 Å². The van der Waals surface area contributed by atoms with Crippen molar-refractivity contribution >= 4 is 17.1 Å². The zero-order valence-electron chi connectivity index (χ0n) is 14.6. The number of likely N-dealkylation sites (tertiary alicyclic amines) is 1. The van der Waals surface area contributed by atoms with Gasteiger partial charge in [0.25, 0.3) is 0 Å². The van der Waals surface area contributed by atoms with Gasteiger partial charge in [-0.2, -0.15) is 0 Å². The van der Waals surface area contributed by atoms with Gasteiger partial charge >= 0.3 is 0 Å². The second-order valence-electron chi connectivity index (χ2n) is 6.49. The van der Waals surface area contributed by atoms with Gasteiger partial charge in [-0.25, -0.2) is 9.97 Å². The molecule has 0 bridgehead atoms. The number of methoxy groups -OCH3 is 1. The molecule has 1 fully saturated rings. The largest absolute Gasteiger partial charge is 0.383 e. The van der Waals surface area contributed by atoms with Crippen LogP contribution in [-0.4, -0.2) is 52.1 Å². The van der Waals surface area contributed by atoms with Gasteiger partial charge in [-0.05, 0) is 38.3 Å². The molecule has 0 N–H and O–H groups in total. The number of nitrogens with zero attached hydrogens (tertiary/aromatic N) is 4. The topological polar surface area (TPSA) is 60.2 Å². The fraction of sp³-hybridized carbons (Fsp3) is 0.611. The number of carbonyl (C=O) groups excluding carboxylic acids is 1. The number of carbonyl (C=O) groups is 1. The number of fused-ring (bicyclic) bond motifs is 1. The summed E-state index contributed by atoms with van der Waals surface area (Å²) in [6, 6.07) is 4.05. The lowest BCUT2D eigenvalue weighted by Crippen LogP contribution is -2.27. The monoisotopic (exact) mass is 330 g/mol. The smallest absolute Gasteiger partial charge is 0.222 e. The quantitative estimate of drug-likeness (QED) is 0.783. The van der Waals surface area contributed by atoms with Crippen molar-refractivity contribution in [3.8, 4) is 0 Å². The first kappa shape index (κ1) is 16.9. The first-order chi connectivity index (χ1) is 11.7. The van der Waals surface area contributed by atoms with Crippen LogP contribution < -0.4 is 0 Å². The summed E-state index contributed by atoms with van der Waals surface area (Å²) in [6.45, 7) is 4.57. The second-order valence-corrected chi connectivity index (χ2v) is 6.49. The molecule has 1 atom stereocenters. The van der Waals surface area contributed by atoms with E-state index in [-0.39, 0.29) is 11.9 Å². The molecule has 1 saturated heterocycles. The Kier molecular flexibility index (Phi) is 5.45. The molecule has 0 radical (unpaired) electrons. The number of aryl methyl sites for hydroxylation is 1. The summed E-state index contributed by atoms with van der Waals surface area (Å²) in [5, 5.41) is 0. The van der Waals surface area contributed by atoms with Crippen molar-refractivity contribution in [1.29, 1.82) is 0 Å². The number of aromatic nitrogens is 3. The standard InChI is InChI=1S/C18H26N4O2/c1-14(13-24-2)22-16(20-15-7-6-10-19-18(15)22)8-5-9-17(23)21-11-3-4-12-21/h6-7,10,14H,3-5,8-9,11-13H2,1-2H3/t14-/m0/s1. The Labute approximate surface area is 142 Å². The second kappa shape index (κ2) is 7.75. The number of rotatable bonds is 7. The van der Waals surface area contributed by atoms with Gasteiger partial charge in [0.1, 0.15) is 11.3 Å². The number of pyridine rings is 1. The van der Waals surface area contributed by atoms with E-state index in [0.29, 0.717) is 13.0 Å². The Balaban J connectivity index is 1.71. The van der Waals surface area contributed by atoms with Gasteiger partial charge < -0.3 is 14.2 Å². The molecule has 1 aliphatic heterocycles. The van der Waals surface area contributed by atoms with Crippen molar-refractivity contribution in [2.24, 2.45) is 0 Å². The number of imidazole rings is 1. The highest BCUT2D eigenvalue weighted by Gasteiger charge is 2.19. The first-order valence-corrected chi connectivity index (χ1v) is 8.79. The number of amides is 1. The molecular formula is C18H26N4O2. The molecule has 6 nitrogen and oxygen atoms in total. The normalized spacial score (nSPS) is 16.0. The highest BCUT2D eigenvalue weighted by Crippen LogP contribution is 2.21. The molecule has 24 heavy (non-hydrogen) atoms. The third kappa shape index (κ3) is 3.59. The third-order valence-electron chi connectivity index (χ3n) is 4.62. The van der Waals surface area contributed by atoms with Gasteiger partial charge in [0.15, 0.2) is 5.65 Å². The molecule has 2 aromatic rings. The molecule has 130 valence electrons. The van der Waals surface area contributed by atoms with Crippen LogP contribution in [-0.2, 0) is 16.0 Å². The molecule has 0 saturated carbocycles. The predicted octanol–water partition coefficient (Wildman–Crippen LogP) is 2.58. The molecule has 0 aromatic carbocycles. The predicted molar refractivity (Wildman–Crippen MR) is 92.9 cm³/mol. The zero-order chi connectivity index (χ0) is 16.9. The minimum atomic E-state index is 0.166. The molecule has 6 heteroatoms. The Morgan fingerprint density at radius 3 is 2.92 bits per heavy atom. The molecule has 3 rings (SSSR count). The lowest BCUT2D eigenvalue weighted by atomic mass is 10.2. The van der Waals surface area contributed by atoms with E-state index >= 15 is 0 Å². The van der Waals surface area contributed by atoms with Gasteiger partial charge in [-0.3, -0.25) is 4.79 Å². The SMILES string of the molecule is COC[C@H](C)n1c(CCCC(=O)N2CCCC2)nc2cccnc21. The van der Waals surface area contributed by atoms with E-state index in [1.165, 1.54) is 0 Å². The Morgan fingerprint density at radius 1 is 1.38 bits per heavy atom. The molecule has 1 aliphatic rings. The summed E-state index contributed by atoms with van der Waals surface area (Å²) in [7, 11) is 1.71. The number of ether oxygens (including phenoxy) is 1. The number of hydrogen-bond acceptors (Lipinski definition) is 4. The molecule has 0 unspecified atom stereocenters. The molecule has 2 aromatic heterocycles. The lowest BCUT2D eigenvalue weighted by Gasteiger charge is -2.17. The van der Waals surface area contributed by atoms with Crippen LogP contribution in [0.5, 0.6) is 0 Å². The fourth-order valence-electron chi connectivity index (χ4n) is 3.45. The maximum absolute atomic E-state index is 12.2. The van der Waals surface area contributed by atoms with Gasteiger partial charge in [-0.15, -0.1) is 0 Å². The van der Waals surface area contributed by atoms with Crippen LogP contribution in [0.25, 0.3) is 11.2 Å². The molecule has 1 amide bonds. The third-order valence-corrected chi connectivity index (χ3v) is 4.62. The molecule has 0 aliphatic carbocycles. The summed E-state index contributed by atoms with van der Waals surface area (Å²) in [5.41, 5.74) is 1.80. The van der Waals surface area contributed by atoms with E-state index in [2.05, 4.69) is 16.5 Å². The Bertz CT molecular complexity index is 691. The van der Waals surface area contributed by atoms with Gasteiger partial charge in [-0.1, -0.05) is 0 Å². The van der Waals surface area contributed by atoms with E-state index in [1.807, 2.05) is 17.0 Å². The summed E-state index contributed by atoms with van der Waals surface area (Å²) >= 11 is 0. The summed E-state index contributed by atoms with van der Waals surface area (Å²) in [6.07, 6.45) is 6.27. The molecule has 3 heterocycles. The van der Waals surface area contributed by atoms with E-state index in [1.54, 1.807) is 13.3 Å². The van der Waals surface area contributed by atoms with Crippen molar-refractivity contribution in [1.82, 2.24) is 19.4 Å². The van der Waals surface area contributed by atoms with Crippen LogP contribution in [0.4, 0.5) is 0 Å². The molecule has 0 spiro atoms. The summed E-state index contributed by atoms with van der Waals surface area (Å²) in [4.78, 5) is 23.4. The first-order valence-electron chi connectivity index (χ1n) is 8.79. The zero-order valence-corrected chi connectivity index (χ0v) is 14.6. The van der Waals surface area contributed by atoms with Crippen LogP contribution >= 0.6 is 0 Å². The Morgan fingerprint density at radius 2 is 2.17 bits per heavy atom. The fourth-order valence-corrected chi connectivity index (χ4v) is 3.45. The van der Waals surface area contributed by atoms with E-state index in [9.17, 15) is 4.79 Å². The van der Waals surface area contributed by atoms with Gasteiger partial charge in [0.05, 0.1) is 12.6 Å². The molecular weight excluding hydrogens is 304 g/mol. The van der Waals surface area contributed by atoms with Crippen molar-refractivity contribution in [3.63, 3.8) is 0 Å². The average molecular weight is 330 g/mol. The van der Waals surface area contributed by atoms with Crippen LogP contribution in [0.1, 0.15) is 44.5 Å². The van der Waals surface area contributed by atoms with Crippen LogP contribution in [0.2, 0.25) is 0 Å². The van der Waals surface area contributed by atoms with Crippen molar-refractivity contribution in [3.05, 3.63) is 24.2 Å². The van der Waals surface area contributed by atoms with E-state index < -0.39 is 0 Å². The van der Waals surface area contributed by atoms with E-state index in [4.69, 9.17) is 9.72 Å². The lowest BCUT2D eigenvalue weighted by molar-refractivity contribution is -0.130. The van der Waals surface area contributed by atoms with Crippen molar-refractivity contribution < 1.29 is 9.53 Å². The number of hydrogen-bond donors (Lipinski definition) is 0. The van der Waals surface area contributed by atoms with Crippen LogP contribution in [0.3, 0.4) is 0 Å². The van der Waals surface area contributed by atoms with Gasteiger partial charge in [0, 0.05) is 39.2 Å². The maximum Gasteiger partial charge on any atom is 0.222 e. The summed E-state index contributed by atoms with van der Waals surface area (Å²) in [5.74, 6) is 1.26. The van der Waals surface area contributed by atoms with Crippen molar-refractivity contribution in [2.45, 2.75) is 45.1 Å². The highest BCUT2D eigenvalue weighted by atomic mass is 16.5.